The van der Waals surface area contributed by atoms with Gasteiger partial charge in [-0.15, -0.1) is 0 Å². The molecule has 30 heavy (non-hydrogen) atoms. The van der Waals surface area contributed by atoms with Crippen molar-refractivity contribution in [2.24, 2.45) is 0 Å². The number of hydrogen-bond donors (Lipinski definition) is 0. The molecule has 2 heteroatoms. The Morgan fingerprint density at radius 3 is 0.767 bits per heavy atom. The van der Waals surface area contributed by atoms with E-state index in [9.17, 15) is 0 Å². The third kappa shape index (κ3) is 4.73. The van der Waals surface area contributed by atoms with Crippen LogP contribution in [0.1, 0.15) is 13.8 Å². The van der Waals surface area contributed by atoms with E-state index in [2.05, 4.69) is 135 Å². The molecule has 0 aliphatic carbocycles. The van der Waals surface area contributed by atoms with E-state index >= 15 is 0 Å². The lowest BCUT2D eigenvalue weighted by Gasteiger charge is -2.35. The SMILES string of the molecule is CC([C@@H](C)P(c1ccccc1)c1ccccc1)P(c1ccccc1)c1ccccc1. The average molecular weight is 426 g/mol. The predicted octanol–water partition coefficient (Wildman–Crippen LogP) is 6.03. The summed E-state index contributed by atoms with van der Waals surface area (Å²) < 4.78 is 0. The Hall–Kier alpha value is -2.26. The third-order valence-corrected chi connectivity index (χ3v) is 11.8. The van der Waals surface area contributed by atoms with Gasteiger partial charge >= 0.3 is 0 Å². The minimum Gasteiger partial charge on any atom is -0.0622 e. The van der Waals surface area contributed by atoms with E-state index in [1.807, 2.05) is 0 Å². The van der Waals surface area contributed by atoms with Crippen molar-refractivity contribution in [3.63, 3.8) is 0 Å². The van der Waals surface area contributed by atoms with Crippen molar-refractivity contribution in [2.45, 2.75) is 25.2 Å². The van der Waals surface area contributed by atoms with Crippen LogP contribution in [0, 0.1) is 0 Å². The van der Waals surface area contributed by atoms with Crippen molar-refractivity contribution in [2.75, 3.05) is 0 Å². The normalized spacial score (nSPS) is 13.3. The van der Waals surface area contributed by atoms with Crippen LogP contribution in [0.15, 0.2) is 121 Å². The number of rotatable bonds is 7. The van der Waals surface area contributed by atoms with Gasteiger partial charge in [-0.2, -0.15) is 0 Å². The van der Waals surface area contributed by atoms with Crippen molar-refractivity contribution in [3.8, 4) is 0 Å². The summed E-state index contributed by atoms with van der Waals surface area (Å²) in [6, 6.07) is 44.5. The van der Waals surface area contributed by atoms with E-state index < -0.39 is 15.8 Å². The minimum atomic E-state index is -0.448. The van der Waals surface area contributed by atoms with E-state index in [0.29, 0.717) is 11.3 Å². The zero-order valence-electron chi connectivity index (χ0n) is 17.6. The van der Waals surface area contributed by atoms with Crippen LogP contribution in [0.5, 0.6) is 0 Å². The molecule has 4 aromatic rings. The van der Waals surface area contributed by atoms with E-state index in [1.54, 1.807) is 0 Å². The van der Waals surface area contributed by atoms with Gasteiger partial charge in [0.25, 0.3) is 0 Å². The molecule has 0 nitrogen and oxygen atoms in total. The van der Waals surface area contributed by atoms with Crippen molar-refractivity contribution in [1.29, 1.82) is 0 Å². The fourth-order valence-electron chi connectivity index (χ4n) is 4.02. The summed E-state index contributed by atoms with van der Waals surface area (Å²) in [4.78, 5) is 0. The van der Waals surface area contributed by atoms with E-state index in [-0.39, 0.29) is 0 Å². The molecule has 0 aliphatic heterocycles. The largest absolute Gasteiger partial charge is 0.0622 e. The molecule has 4 aromatic carbocycles. The summed E-state index contributed by atoms with van der Waals surface area (Å²) >= 11 is 0. The molecule has 0 fully saturated rings. The first-order valence-corrected chi connectivity index (χ1v) is 13.4. The molecule has 0 saturated heterocycles. The van der Waals surface area contributed by atoms with Gasteiger partial charge in [0.1, 0.15) is 0 Å². The highest BCUT2D eigenvalue weighted by Gasteiger charge is 2.31. The second-order valence-corrected chi connectivity index (χ2v) is 12.7. The van der Waals surface area contributed by atoms with Gasteiger partial charge in [-0.3, -0.25) is 0 Å². The lowest BCUT2D eigenvalue weighted by molar-refractivity contribution is 0.912. The Kier molecular flexibility index (Phi) is 7.11. The molecule has 0 saturated carbocycles. The first-order valence-electron chi connectivity index (χ1n) is 10.5. The predicted molar refractivity (Wildman–Crippen MR) is 137 cm³/mol. The van der Waals surface area contributed by atoms with Gasteiger partial charge in [-0.25, -0.2) is 0 Å². The van der Waals surface area contributed by atoms with Gasteiger partial charge in [0.05, 0.1) is 0 Å². The summed E-state index contributed by atoms with van der Waals surface area (Å²) in [5.41, 5.74) is 1.10. The van der Waals surface area contributed by atoms with Crippen molar-refractivity contribution < 1.29 is 0 Å². The van der Waals surface area contributed by atoms with Crippen LogP contribution in [0.25, 0.3) is 0 Å². The second-order valence-electron chi connectivity index (χ2n) is 7.56. The van der Waals surface area contributed by atoms with Crippen molar-refractivity contribution in [1.82, 2.24) is 0 Å². The summed E-state index contributed by atoms with van der Waals surface area (Å²) in [5, 5.41) is 5.87. The molecule has 4 rings (SSSR count). The summed E-state index contributed by atoms with van der Waals surface area (Å²) in [5.74, 6) is 0. The monoisotopic (exact) mass is 426 g/mol. The van der Waals surface area contributed by atoms with Gasteiger partial charge in [0.2, 0.25) is 0 Å². The Labute approximate surface area is 183 Å². The molecule has 0 spiro atoms. The molecule has 0 amide bonds. The van der Waals surface area contributed by atoms with E-state index in [4.69, 9.17) is 0 Å². The summed E-state index contributed by atoms with van der Waals surface area (Å²) in [7, 11) is -0.897. The maximum Gasteiger partial charge on any atom is -0.00861 e. The molecule has 0 aliphatic rings. The fraction of sp³-hybridized carbons (Fsp3) is 0.143. The molecular formula is C28H28P2. The maximum absolute atomic E-state index is 2.47. The van der Waals surface area contributed by atoms with Gasteiger partial charge in [-0.1, -0.05) is 135 Å². The molecule has 150 valence electrons. The van der Waals surface area contributed by atoms with Gasteiger partial charge in [0, 0.05) is 0 Å². The summed E-state index contributed by atoms with van der Waals surface area (Å²) in [6.07, 6.45) is 0. The Balaban J connectivity index is 1.77. The van der Waals surface area contributed by atoms with Crippen LogP contribution in [0.3, 0.4) is 0 Å². The smallest absolute Gasteiger partial charge is 0.00861 e. The van der Waals surface area contributed by atoms with E-state index in [1.165, 1.54) is 21.2 Å². The average Bonchev–Trinajstić information content (AvgIpc) is 2.82. The van der Waals surface area contributed by atoms with E-state index in [0.717, 1.165) is 0 Å². The fourth-order valence-corrected chi connectivity index (χ4v) is 10.1. The molecule has 0 heterocycles. The minimum absolute atomic E-state index is 0.448. The van der Waals surface area contributed by atoms with Crippen LogP contribution in [0.4, 0.5) is 0 Å². The molecule has 1 unspecified atom stereocenters. The van der Waals surface area contributed by atoms with Crippen LogP contribution < -0.4 is 21.2 Å². The standard InChI is InChI=1S/C28H28P2/c1-23(29(25-15-7-3-8-16-25)26-17-9-4-10-18-26)24(2)30(27-19-11-5-12-20-27)28-21-13-6-14-22-28/h3-24H,1-2H3/t23-,24?/m1/s1. The first kappa shape index (κ1) is 21.0. The van der Waals surface area contributed by atoms with Crippen LogP contribution in [-0.4, -0.2) is 11.3 Å². The molecular weight excluding hydrogens is 398 g/mol. The Morgan fingerprint density at radius 1 is 0.367 bits per heavy atom. The molecule has 2 atom stereocenters. The van der Waals surface area contributed by atoms with Crippen LogP contribution >= 0.6 is 15.8 Å². The zero-order valence-corrected chi connectivity index (χ0v) is 19.4. The first-order chi connectivity index (χ1) is 14.8. The third-order valence-electron chi connectivity index (χ3n) is 5.65. The van der Waals surface area contributed by atoms with Crippen molar-refractivity contribution in [3.05, 3.63) is 121 Å². The summed E-state index contributed by atoms with van der Waals surface area (Å²) in [6.45, 7) is 4.94. The topological polar surface area (TPSA) is 0 Å². The molecule has 0 aromatic heterocycles. The number of benzene rings is 4. The van der Waals surface area contributed by atoms with Crippen LogP contribution in [0.2, 0.25) is 0 Å². The molecule has 0 radical (unpaired) electrons. The second kappa shape index (κ2) is 10.2. The van der Waals surface area contributed by atoms with Crippen molar-refractivity contribution >= 4 is 37.1 Å². The Bertz CT molecular complexity index is 851. The highest BCUT2D eigenvalue weighted by atomic mass is 31.1. The lowest BCUT2D eigenvalue weighted by Crippen LogP contribution is -2.31. The van der Waals surface area contributed by atoms with Gasteiger partial charge in [-0.05, 0) is 48.4 Å². The van der Waals surface area contributed by atoms with Gasteiger partial charge in [0.15, 0.2) is 0 Å². The zero-order chi connectivity index (χ0) is 20.8. The number of hydrogen-bond acceptors (Lipinski definition) is 0. The quantitative estimate of drug-likeness (QED) is 0.317. The highest BCUT2D eigenvalue weighted by Crippen LogP contribution is 2.51. The highest BCUT2D eigenvalue weighted by molar-refractivity contribution is 7.77. The molecule has 0 bridgehead atoms. The van der Waals surface area contributed by atoms with Crippen LogP contribution in [-0.2, 0) is 0 Å². The molecule has 0 N–H and O–H groups in total. The maximum atomic E-state index is 2.47. The lowest BCUT2D eigenvalue weighted by atomic mass is 10.3. The van der Waals surface area contributed by atoms with Gasteiger partial charge < -0.3 is 0 Å². The Morgan fingerprint density at radius 2 is 0.567 bits per heavy atom.